The fraction of sp³-hybridized carbons (Fsp3) is 0.880. The Labute approximate surface area is 197 Å². The van der Waals surface area contributed by atoms with Crippen LogP contribution >= 0.6 is 0 Å². The van der Waals surface area contributed by atoms with Crippen molar-refractivity contribution in [2.24, 2.45) is 17.8 Å². The molecule has 188 valence electrons. The molecule has 6 atom stereocenters. The van der Waals surface area contributed by atoms with Gasteiger partial charge in [0, 0.05) is 19.7 Å². The lowest BCUT2D eigenvalue weighted by atomic mass is 9.62. The predicted molar refractivity (Wildman–Crippen MR) is 123 cm³/mol. The minimum absolute atomic E-state index is 0.0239. The Morgan fingerprint density at radius 1 is 1.18 bits per heavy atom. The van der Waals surface area contributed by atoms with Gasteiger partial charge < -0.3 is 24.8 Å². The van der Waals surface area contributed by atoms with Gasteiger partial charge in [-0.1, -0.05) is 39.5 Å². The number of carbonyl (C=O) groups excluding carboxylic acids is 3. The number of carbonyl (C=O) groups is 3. The highest BCUT2D eigenvalue weighted by atomic mass is 16.6. The van der Waals surface area contributed by atoms with Crippen LogP contribution < -0.4 is 5.32 Å². The molecule has 0 saturated carbocycles. The molecule has 3 aliphatic rings. The molecule has 3 saturated heterocycles. The maximum atomic E-state index is 13.8. The van der Waals surface area contributed by atoms with Gasteiger partial charge in [0.1, 0.15) is 17.6 Å². The van der Waals surface area contributed by atoms with Crippen molar-refractivity contribution >= 4 is 17.8 Å². The first-order valence-corrected chi connectivity index (χ1v) is 12.8. The molecule has 0 aromatic heterocycles. The monoisotopic (exact) mass is 466 g/mol. The zero-order valence-electron chi connectivity index (χ0n) is 20.7. The zero-order chi connectivity index (χ0) is 24.2. The van der Waals surface area contributed by atoms with Crippen molar-refractivity contribution in [2.75, 3.05) is 26.3 Å². The normalized spacial score (nSPS) is 34.6. The highest BCUT2D eigenvalue weighted by Crippen LogP contribution is 2.65. The number of amides is 2. The maximum Gasteiger partial charge on any atom is 0.312 e. The van der Waals surface area contributed by atoms with Crippen molar-refractivity contribution in [1.29, 1.82) is 0 Å². The van der Waals surface area contributed by atoms with Crippen LogP contribution in [-0.2, 0) is 23.9 Å². The van der Waals surface area contributed by atoms with E-state index < -0.39 is 35.0 Å². The Kier molecular flexibility index (Phi) is 8.43. The SMILES string of the molecule is CCCCCNC(=O)C1N(CCCCCCO)C(=O)[C@@H]2[C@H](C(=O)OCC)[C@@]3(C)OC12CC3C. The number of ether oxygens (including phenoxy) is 2. The number of aliphatic hydroxyl groups is 1. The van der Waals surface area contributed by atoms with E-state index in [9.17, 15) is 14.4 Å². The minimum atomic E-state index is -0.997. The summed E-state index contributed by atoms with van der Waals surface area (Å²) in [6.45, 7) is 9.21. The van der Waals surface area contributed by atoms with Gasteiger partial charge in [-0.2, -0.15) is 0 Å². The summed E-state index contributed by atoms with van der Waals surface area (Å²) in [7, 11) is 0. The summed E-state index contributed by atoms with van der Waals surface area (Å²) in [6, 6.07) is -0.738. The van der Waals surface area contributed by atoms with E-state index in [1.165, 1.54) is 0 Å². The number of aliphatic hydroxyl groups excluding tert-OH is 1. The molecule has 3 heterocycles. The van der Waals surface area contributed by atoms with Crippen LogP contribution in [-0.4, -0.2) is 71.3 Å². The Bertz CT molecular complexity index is 730. The predicted octanol–water partition coefficient (Wildman–Crippen LogP) is 2.42. The molecule has 0 radical (unpaired) electrons. The minimum Gasteiger partial charge on any atom is -0.466 e. The Morgan fingerprint density at radius 2 is 1.91 bits per heavy atom. The van der Waals surface area contributed by atoms with Crippen LogP contribution in [0.25, 0.3) is 0 Å². The standard InChI is InChI=1S/C25H42N2O6/c1-5-7-10-13-26-21(29)20-25-16-17(3)24(4,33-25)19(23(31)32-6-2)18(25)22(30)27(20)14-11-8-9-12-15-28/h17-20,28H,5-16H2,1-4H3,(H,26,29)/t17?,18-,19+,20?,24-,25?/m0/s1. The number of hydrogen-bond donors (Lipinski definition) is 2. The largest absolute Gasteiger partial charge is 0.466 e. The number of nitrogens with one attached hydrogen (secondary N) is 1. The maximum absolute atomic E-state index is 13.8. The summed E-state index contributed by atoms with van der Waals surface area (Å²) in [6.07, 6.45) is 6.76. The summed E-state index contributed by atoms with van der Waals surface area (Å²) in [5.74, 6) is -2.13. The van der Waals surface area contributed by atoms with Crippen molar-refractivity contribution in [3.8, 4) is 0 Å². The van der Waals surface area contributed by atoms with E-state index in [1.807, 2.05) is 13.8 Å². The molecule has 2 bridgehead atoms. The third kappa shape index (κ3) is 4.53. The van der Waals surface area contributed by atoms with Gasteiger partial charge in [-0.25, -0.2) is 0 Å². The molecule has 1 spiro atoms. The molecule has 3 fully saturated rings. The van der Waals surface area contributed by atoms with Crippen LogP contribution in [0.15, 0.2) is 0 Å². The molecular formula is C25H42N2O6. The average Bonchev–Trinajstić information content (AvgIpc) is 3.28. The second-order valence-electron chi connectivity index (χ2n) is 10.1. The number of esters is 1. The molecule has 0 aliphatic carbocycles. The van der Waals surface area contributed by atoms with E-state index in [0.29, 0.717) is 19.5 Å². The van der Waals surface area contributed by atoms with Crippen molar-refractivity contribution in [3.05, 3.63) is 0 Å². The molecule has 2 N–H and O–H groups in total. The van der Waals surface area contributed by atoms with Crippen LogP contribution in [0.3, 0.4) is 0 Å². The number of fused-ring (bicyclic) bond motifs is 1. The van der Waals surface area contributed by atoms with Crippen LogP contribution in [0.5, 0.6) is 0 Å². The van der Waals surface area contributed by atoms with E-state index in [0.717, 1.165) is 44.9 Å². The van der Waals surface area contributed by atoms with Crippen LogP contribution in [0.1, 0.15) is 79.1 Å². The highest BCUT2D eigenvalue weighted by Gasteiger charge is 2.80. The van der Waals surface area contributed by atoms with Gasteiger partial charge in [-0.3, -0.25) is 14.4 Å². The summed E-state index contributed by atoms with van der Waals surface area (Å²) in [5, 5.41) is 12.1. The molecule has 3 unspecified atom stereocenters. The fourth-order valence-corrected chi connectivity index (χ4v) is 6.30. The van der Waals surface area contributed by atoms with Crippen LogP contribution in [0.2, 0.25) is 0 Å². The van der Waals surface area contributed by atoms with Gasteiger partial charge in [0.15, 0.2) is 0 Å². The fourth-order valence-electron chi connectivity index (χ4n) is 6.30. The molecule has 3 rings (SSSR count). The zero-order valence-corrected chi connectivity index (χ0v) is 20.7. The van der Waals surface area contributed by atoms with E-state index in [-0.39, 0.29) is 30.9 Å². The average molecular weight is 467 g/mol. The number of nitrogens with zero attached hydrogens (tertiary/aromatic N) is 1. The second kappa shape index (κ2) is 10.7. The molecule has 8 nitrogen and oxygen atoms in total. The summed E-state index contributed by atoms with van der Waals surface area (Å²) in [4.78, 5) is 42.0. The lowest BCUT2D eigenvalue weighted by Gasteiger charge is -2.35. The summed E-state index contributed by atoms with van der Waals surface area (Å²) >= 11 is 0. The van der Waals surface area contributed by atoms with Gasteiger partial charge in [0.05, 0.1) is 18.1 Å². The quantitative estimate of drug-likeness (QED) is 0.319. The Morgan fingerprint density at radius 3 is 2.58 bits per heavy atom. The molecule has 0 aromatic carbocycles. The summed E-state index contributed by atoms with van der Waals surface area (Å²) < 4.78 is 12.0. The van der Waals surface area contributed by atoms with Gasteiger partial charge in [-0.05, 0) is 45.4 Å². The summed E-state index contributed by atoms with van der Waals surface area (Å²) in [5.41, 5.74) is -1.82. The molecular weight excluding hydrogens is 424 g/mol. The Balaban J connectivity index is 1.89. The molecule has 2 amide bonds. The van der Waals surface area contributed by atoms with Crippen molar-refractivity contribution < 1.29 is 29.0 Å². The smallest absolute Gasteiger partial charge is 0.312 e. The van der Waals surface area contributed by atoms with Crippen molar-refractivity contribution in [3.63, 3.8) is 0 Å². The van der Waals surface area contributed by atoms with Gasteiger partial charge in [0.25, 0.3) is 0 Å². The first-order chi connectivity index (χ1) is 15.8. The van der Waals surface area contributed by atoms with Crippen molar-refractivity contribution in [1.82, 2.24) is 10.2 Å². The highest BCUT2D eigenvalue weighted by molar-refractivity contribution is 5.98. The third-order valence-electron chi connectivity index (χ3n) is 7.99. The van der Waals surface area contributed by atoms with Crippen LogP contribution in [0, 0.1) is 17.8 Å². The van der Waals surface area contributed by atoms with E-state index in [4.69, 9.17) is 14.6 Å². The lowest BCUT2D eigenvalue weighted by molar-refractivity contribution is -0.161. The lowest BCUT2D eigenvalue weighted by Crippen LogP contribution is -2.55. The van der Waals surface area contributed by atoms with E-state index in [1.54, 1.807) is 11.8 Å². The second-order valence-corrected chi connectivity index (χ2v) is 10.1. The third-order valence-corrected chi connectivity index (χ3v) is 7.99. The number of rotatable bonds is 13. The van der Waals surface area contributed by atoms with Gasteiger partial charge >= 0.3 is 5.97 Å². The first-order valence-electron chi connectivity index (χ1n) is 12.8. The topological polar surface area (TPSA) is 105 Å². The number of likely N-dealkylation sites (tertiary alicyclic amines) is 1. The van der Waals surface area contributed by atoms with Crippen molar-refractivity contribution in [2.45, 2.75) is 96.3 Å². The first kappa shape index (κ1) is 25.9. The van der Waals surface area contributed by atoms with E-state index in [2.05, 4.69) is 12.2 Å². The molecule has 8 heteroatoms. The molecule has 0 aromatic rings. The van der Waals surface area contributed by atoms with Gasteiger partial charge in [-0.15, -0.1) is 0 Å². The van der Waals surface area contributed by atoms with E-state index >= 15 is 0 Å². The molecule has 3 aliphatic heterocycles. The van der Waals surface area contributed by atoms with Gasteiger partial charge in [0.2, 0.25) is 11.8 Å². The van der Waals surface area contributed by atoms with Crippen LogP contribution in [0.4, 0.5) is 0 Å². The molecule has 33 heavy (non-hydrogen) atoms. The number of hydrogen-bond acceptors (Lipinski definition) is 6. The number of unbranched alkanes of at least 4 members (excludes halogenated alkanes) is 5. The Hall–Kier alpha value is -1.67.